The van der Waals surface area contributed by atoms with E-state index in [1.165, 1.54) is 31.4 Å². The van der Waals surface area contributed by atoms with Crippen LogP contribution in [-0.4, -0.2) is 18.0 Å². The van der Waals surface area contributed by atoms with Gasteiger partial charge in [-0.15, -0.1) is 0 Å². The number of aromatic nitrogens is 1. The number of nitrogens with one attached hydrogen (secondary N) is 1. The van der Waals surface area contributed by atoms with Crippen LogP contribution < -0.4 is 10.1 Å². The second-order valence-electron chi connectivity index (χ2n) is 3.52. The highest BCUT2D eigenvalue weighted by molar-refractivity contribution is 6.04. The summed E-state index contributed by atoms with van der Waals surface area (Å²) in [4.78, 5) is 15.8. The Morgan fingerprint density at radius 3 is 2.67 bits per heavy atom. The second kappa shape index (κ2) is 5.27. The van der Waals surface area contributed by atoms with E-state index in [9.17, 15) is 9.18 Å². The number of rotatable bonds is 3. The molecule has 0 radical (unpaired) electrons. The molecule has 4 nitrogen and oxygen atoms in total. The maximum Gasteiger partial charge on any atom is 0.255 e. The van der Waals surface area contributed by atoms with Gasteiger partial charge < -0.3 is 10.1 Å². The minimum absolute atomic E-state index is 0.327. The van der Waals surface area contributed by atoms with E-state index in [4.69, 9.17) is 4.74 Å². The number of nitrogens with zero attached hydrogens (tertiary/aromatic N) is 1. The van der Waals surface area contributed by atoms with Crippen LogP contribution in [0, 0.1) is 5.82 Å². The predicted octanol–water partition coefficient (Wildman–Crippen LogP) is 2.48. The van der Waals surface area contributed by atoms with Gasteiger partial charge in [-0.05, 0) is 36.4 Å². The third-order valence-electron chi connectivity index (χ3n) is 2.32. The highest BCUT2D eigenvalue weighted by atomic mass is 19.1. The molecule has 0 spiro atoms. The van der Waals surface area contributed by atoms with Crippen molar-refractivity contribution in [1.29, 1.82) is 0 Å². The van der Waals surface area contributed by atoms with Crippen molar-refractivity contribution in [2.75, 3.05) is 12.4 Å². The zero-order chi connectivity index (χ0) is 13.0. The number of hydrogen-bond acceptors (Lipinski definition) is 3. The maximum atomic E-state index is 12.7. The number of halogens is 1. The van der Waals surface area contributed by atoms with Crippen LogP contribution in [0.3, 0.4) is 0 Å². The Labute approximate surface area is 103 Å². The van der Waals surface area contributed by atoms with E-state index in [1.807, 2.05) is 0 Å². The first-order valence-corrected chi connectivity index (χ1v) is 5.26. The zero-order valence-corrected chi connectivity index (χ0v) is 9.68. The smallest absolute Gasteiger partial charge is 0.255 e. The largest absolute Gasteiger partial charge is 0.480 e. The molecule has 92 valence electrons. The van der Waals surface area contributed by atoms with Gasteiger partial charge in [-0.2, -0.15) is 0 Å². The third kappa shape index (κ3) is 2.63. The van der Waals surface area contributed by atoms with Crippen molar-refractivity contribution in [2.24, 2.45) is 0 Å². The number of methoxy groups -OCH3 is 1. The van der Waals surface area contributed by atoms with E-state index >= 15 is 0 Å². The first-order chi connectivity index (χ1) is 8.70. The lowest BCUT2D eigenvalue weighted by molar-refractivity contribution is 0.102. The summed E-state index contributed by atoms with van der Waals surface area (Å²) in [6.45, 7) is 0. The van der Waals surface area contributed by atoms with Crippen LogP contribution in [0.2, 0.25) is 0 Å². The fourth-order valence-corrected chi connectivity index (χ4v) is 1.44. The molecule has 0 aliphatic carbocycles. The van der Waals surface area contributed by atoms with Crippen molar-refractivity contribution in [3.8, 4) is 5.88 Å². The van der Waals surface area contributed by atoms with Crippen molar-refractivity contribution in [1.82, 2.24) is 4.98 Å². The van der Waals surface area contributed by atoms with Gasteiger partial charge in [0.15, 0.2) is 0 Å². The Balaban J connectivity index is 2.18. The van der Waals surface area contributed by atoms with Crippen LogP contribution in [0.25, 0.3) is 0 Å². The lowest BCUT2D eigenvalue weighted by atomic mass is 10.2. The van der Waals surface area contributed by atoms with E-state index in [2.05, 4.69) is 10.3 Å². The van der Waals surface area contributed by atoms with Gasteiger partial charge in [-0.1, -0.05) is 0 Å². The number of hydrogen-bond donors (Lipinski definition) is 1. The van der Waals surface area contributed by atoms with Gasteiger partial charge in [0, 0.05) is 11.8 Å². The van der Waals surface area contributed by atoms with Gasteiger partial charge in [-0.25, -0.2) is 9.37 Å². The van der Waals surface area contributed by atoms with Gasteiger partial charge >= 0.3 is 0 Å². The number of pyridine rings is 1. The molecule has 0 bridgehead atoms. The molecule has 0 saturated carbocycles. The van der Waals surface area contributed by atoms with Gasteiger partial charge in [0.1, 0.15) is 11.5 Å². The maximum absolute atomic E-state index is 12.7. The Bertz CT molecular complexity index is 555. The highest BCUT2D eigenvalue weighted by Gasteiger charge is 2.09. The standard InChI is InChI=1S/C13H11FN2O2/c1-18-13-11(3-2-8-15-13)16-12(17)9-4-6-10(14)7-5-9/h2-8H,1H3,(H,16,17). The average Bonchev–Trinajstić information content (AvgIpc) is 2.40. The molecular formula is C13H11FN2O2. The van der Waals surface area contributed by atoms with Crippen LogP contribution in [0.1, 0.15) is 10.4 Å². The first kappa shape index (κ1) is 12.0. The molecule has 1 amide bonds. The molecule has 1 aromatic heterocycles. The summed E-state index contributed by atoms with van der Waals surface area (Å²) in [7, 11) is 1.47. The van der Waals surface area contributed by atoms with Crippen molar-refractivity contribution < 1.29 is 13.9 Å². The number of ether oxygens (including phenoxy) is 1. The minimum atomic E-state index is -0.384. The monoisotopic (exact) mass is 246 g/mol. The highest BCUT2D eigenvalue weighted by Crippen LogP contribution is 2.20. The van der Waals surface area contributed by atoms with Crippen molar-refractivity contribution >= 4 is 11.6 Å². The Morgan fingerprint density at radius 2 is 2.00 bits per heavy atom. The van der Waals surface area contributed by atoms with E-state index in [-0.39, 0.29) is 11.7 Å². The number of carbonyl (C=O) groups excluding carboxylic acids is 1. The fraction of sp³-hybridized carbons (Fsp3) is 0.0769. The molecule has 18 heavy (non-hydrogen) atoms. The molecule has 0 unspecified atom stereocenters. The molecule has 5 heteroatoms. The summed E-state index contributed by atoms with van der Waals surface area (Å²) >= 11 is 0. The Morgan fingerprint density at radius 1 is 1.28 bits per heavy atom. The minimum Gasteiger partial charge on any atom is -0.480 e. The zero-order valence-electron chi connectivity index (χ0n) is 9.68. The van der Waals surface area contributed by atoms with Crippen LogP contribution in [0.15, 0.2) is 42.6 Å². The molecule has 1 aromatic carbocycles. The van der Waals surface area contributed by atoms with Crippen molar-refractivity contribution in [3.63, 3.8) is 0 Å². The molecule has 2 aromatic rings. The van der Waals surface area contributed by atoms with E-state index in [0.29, 0.717) is 17.1 Å². The molecule has 0 saturated heterocycles. The van der Waals surface area contributed by atoms with E-state index < -0.39 is 0 Å². The van der Waals surface area contributed by atoms with Crippen LogP contribution >= 0.6 is 0 Å². The van der Waals surface area contributed by atoms with E-state index in [0.717, 1.165) is 0 Å². The molecule has 0 fully saturated rings. The number of benzene rings is 1. The molecule has 0 atom stereocenters. The summed E-state index contributed by atoms with van der Waals surface area (Å²) in [5, 5.41) is 2.65. The molecule has 0 aliphatic rings. The van der Waals surface area contributed by atoms with Gasteiger partial charge in [-0.3, -0.25) is 4.79 Å². The summed E-state index contributed by atoms with van der Waals surface area (Å²) in [6.07, 6.45) is 1.56. The Hall–Kier alpha value is -2.43. The summed E-state index contributed by atoms with van der Waals surface area (Å²) < 4.78 is 17.7. The Kier molecular flexibility index (Phi) is 3.52. The molecule has 1 N–H and O–H groups in total. The lowest BCUT2D eigenvalue weighted by Crippen LogP contribution is -2.12. The van der Waals surface area contributed by atoms with Crippen LogP contribution in [0.4, 0.5) is 10.1 Å². The van der Waals surface area contributed by atoms with Gasteiger partial charge in [0.25, 0.3) is 5.91 Å². The average molecular weight is 246 g/mol. The first-order valence-electron chi connectivity index (χ1n) is 5.26. The van der Waals surface area contributed by atoms with Crippen molar-refractivity contribution in [2.45, 2.75) is 0 Å². The predicted molar refractivity (Wildman–Crippen MR) is 65.1 cm³/mol. The van der Waals surface area contributed by atoms with Crippen LogP contribution in [-0.2, 0) is 0 Å². The molecule has 0 aliphatic heterocycles. The normalized spacial score (nSPS) is 9.89. The molecular weight excluding hydrogens is 235 g/mol. The number of anilines is 1. The van der Waals surface area contributed by atoms with Crippen LogP contribution in [0.5, 0.6) is 5.88 Å². The van der Waals surface area contributed by atoms with Crippen molar-refractivity contribution in [3.05, 3.63) is 54.0 Å². The summed E-state index contributed by atoms with van der Waals surface area (Å²) in [5.41, 5.74) is 0.830. The van der Waals surface area contributed by atoms with Gasteiger partial charge in [0.05, 0.1) is 7.11 Å². The number of amides is 1. The summed E-state index contributed by atoms with van der Waals surface area (Å²) in [5.74, 6) is -0.403. The SMILES string of the molecule is COc1ncccc1NC(=O)c1ccc(F)cc1. The lowest BCUT2D eigenvalue weighted by Gasteiger charge is -2.08. The topological polar surface area (TPSA) is 51.2 Å². The van der Waals surface area contributed by atoms with E-state index in [1.54, 1.807) is 18.3 Å². The molecule has 1 heterocycles. The second-order valence-corrected chi connectivity index (χ2v) is 3.52. The third-order valence-corrected chi connectivity index (χ3v) is 2.32. The molecule has 2 rings (SSSR count). The quantitative estimate of drug-likeness (QED) is 0.905. The summed E-state index contributed by atoms with van der Waals surface area (Å²) in [6, 6.07) is 8.64. The van der Waals surface area contributed by atoms with Gasteiger partial charge in [0.2, 0.25) is 5.88 Å². The fourth-order valence-electron chi connectivity index (χ4n) is 1.44. The number of carbonyl (C=O) groups is 1.